The minimum Gasteiger partial charge on any atom is -0.469 e. The van der Waals surface area contributed by atoms with Crippen molar-refractivity contribution in [2.45, 2.75) is 6.42 Å². The molecule has 1 fully saturated rings. The summed E-state index contributed by atoms with van der Waals surface area (Å²) in [5.74, 6) is 0.186. The molecule has 132 valence electrons. The van der Waals surface area contributed by atoms with Crippen LogP contribution in [0.2, 0.25) is 0 Å². The molecule has 2 amide bonds. The number of carbonyl (C=O) groups is 2. The van der Waals surface area contributed by atoms with Gasteiger partial charge in [0.05, 0.1) is 19.1 Å². The predicted molar refractivity (Wildman–Crippen MR) is 93.1 cm³/mol. The third kappa shape index (κ3) is 3.62. The van der Waals surface area contributed by atoms with Gasteiger partial charge in [0.2, 0.25) is 0 Å². The number of carbonyl (C=O) groups excluding carboxylic acids is 2. The molecule has 26 heavy (non-hydrogen) atoms. The molecule has 0 unspecified atom stereocenters. The molecule has 1 aromatic heterocycles. The molecular formula is C18H17N5O3. The van der Waals surface area contributed by atoms with Crippen LogP contribution in [-0.4, -0.2) is 53.6 Å². The lowest BCUT2D eigenvalue weighted by atomic mass is 10.2. The summed E-state index contributed by atoms with van der Waals surface area (Å²) in [6, 6.07) is 9.18. The maximum absolute atomic E-state index is 12.5. The van der Waals surface area contributed by atoms with Crippen molar-refractivity contribution in [3.8, 4) is 17.5 Å². The average Bonchev–Trinajstić information content (AvgIpc) is 3.06. The van der Waals surface area contributed by atoms with Gasteiger partial charge in [-0.25, -0.2) is 14.8 Å². The standard InChI is InChI=1S/C18H17N5O3/c1-26-16(24)6-7-22-8-9-23(18(22)25)15-4-2-14(3-5-15)17-20-11-13(10-19)12-21-17/h2-5,11-12H,6-9H2,1H3. The number of hydrogen-bond acceptors (Lipinski definition) is 6. The number of ether oxygens (including phenoxy) is 1. The summed E-state index contributed by atoms with van der Waals surface area (Å²) in [7, 11) is 1.33. The van der Waals surface area contributed by atoms with Gasteiger partial charge in [-0.2, -0.15) is 5.26 Å². The Balaban J connectivity index is 1.68. The molecule has 2 aromatic rings. The monoisotopic (exact) mass is 351 g/mol. The first-order valence-electron chi connectivity index (χ1n) is 8.08. The number of urea groups is 1. The van der Waals surface area contributed by atoms with E-state index in [0.29, 0.717) is 31.0 Å². The Labute approximate surface area is 150 Å². The molecule has 0 radical (unpaired) electrons. The fourth-order valence-electron chi connectivity index (χ4n) is 2.68. The Bertz CT molecular complexity index is 843. The first-order chi connectivity index (χ1) is 12.6. The van der Waals surface area contributed by atoms with Crippen LogP contribution in [0, 0.1) is 11.3 Å². The van der Waals surface area contributed by atoms with Crippen molar-refractivity contribution in [1.82, 2.24) is 14.9 Å². The van der Waals surface area contributed by atoms with Crippen molar-refractivity contribution in [3.05, 3.63) is 42.2 Å². The van der Waals surface area contributed by atoms with Gasteiger partial charge in [0.25, 0.3) is 0 Å². The van der Waals surface area contributed by atoms with E-state index in [1.54, 1.807) is 9.80 Å². The summed E-state index contributed by atoms with van der Waals surface area (Å²) in [5, 5.41) is 8.79. The lowest BCUT2D eigenvalue weighted by Gasteiger charge is -2.18. The maximum atomic E-state index is 12.5. The number of benzene rings is 1. The quantitative estimate of drug-likeness (QED) is 0.762. The van der Waals surface area contributed by atoms with Crippen LogP contribution in [0.25, 0.3) is 11.4 Å². The van der Waals surface area contributed by atoms with E-state index in [1.807, 2.05) is 30.3 Å². The van der Waals surface area contributed by atoms with Crippen LogP contribution >= 0.6 is 0 Å². The van der Waals surface area contributed by atoms with Crippen molar-refractivity contribution in [2.75, 3.05) is 31.6 Å². The lowest BCUT2D eigenvalue weighted by molar-refractivity contribution is -0.140. The summed E-state index contributed by atoms with van der Waals surface area (Å²) >= 11 is 0. The SMILES string of the molecule is COC(=O)CCN1CCN(c2ccc(-c3ncc(C#N)cn3)cc2)C1=O. The molecule has 8 nitrogen and oxygen atoms in total. The van der Waals surface area contributed by atoms with Crippen LogP contribution in [0.15, 0.2) is 36.7 Å². The fourth-order valence-corrected chi connectivity index (χ4v) is 2.68. The van der Waals surface area contributed by atoms with Gasteiger partial charge in [-0.05, 0) is 24.3 Å². The summed E-state index contributed by atoms with van der Waals surface area (Å²) in [4.78, 5) is 35.3. The van der Waals surface area contributed by atoms with Crippen molar-refractivity contribution in [2.24, 2.45) is 0 Å². The summed E-state index contributed by atoms with van der Waals surface area (Å²) in [6.07, 6.45) is 3.13. The molecular weight excluding hydrogens is 334 g/mol. The molecule has 0 atom stereocenters. The molecule has 1 saturated heterocycles. The number of hydrogen-bond donors (Lipinski definition) is 0. The minimum atomic E-state index is -0.331. The number of nitriles is 1. The molecule has 2 heterocycles. The Kier molecular flexibility index (Phi) is 5.08. The van der Waals surface area contributed by atoms with Crippen molar-refractivity contribution in [3.63, 3.8) is 0 Å². The zero-order chi connectivity index (χ0) is 18.5. The third-order valence-corrected chi connectivity index (χ3v) is 4.13. The number of rotatable bonds is 5. The Hall–Kier alpha value is -3.47. The second-order valence-electron chi connectivity index (χ2n) is 5.70. The van der Waals surface area contributed by atoms with E-state index in [0.717, 1.165) is 11.3 Å². The summed E-state index contributed by atoms with van der Waals surface area (Å²) < 4.78 is 4.61. The summed E-state index contributed by atoms with van der Waals surface area (Å²) in [6.45, 7) is 1.47. The van der Waals surface area contributed by atoms with Gasteiger partial charge in [-0.1, -0.05) is 0 Å². The van der Waals surface area contributed by atoms with Crippen LogP contribution in [0.5, 0.6) is 0 Å². The Morgan fingerprint density at radius 3 is 2.54 bits per heavy atom. The molecule has 0 N–H and O–H groups in total. The molecule has 1 aliphatic heterocycles. The van der Waals surface area contributed by atoms with Crippen molar-refractivity contribution < 1.29 is 14.3 Å². The van der Waals surface area contributed by atoms with Crippen LogP contribution < -0.4 is 4.90 Å². The van der Waals surface area contributed by atoms with Gasteiger partial charge in [0.1, 0.15) is 6.07 Å². The first-order valence-corrected chi connectivity index (χ1v) is 8.08. The predicted octanol–water partition coefficient (Wildman–Crippen LogP) is 1.82. The highest BCUT2D eigenvalue weighted by atomic mass is 16.5. The van der Waals surface area contributed by atoms with E-state index in [-0.39, 0.29) is 18.4 Å². The molecule has 0 saturated carbocycles. The highest BCUT2D eigenvalue weighted by Gasteiger charge is 2.29. The molecule has 0 aliphatic carbocycles. The minimum absolute atomic E-state index is 0.128. The van der Waals surface area contributed by atoms with Crippen molar-refractivity contribution >= 4 is 17.7 Å². The number of aromatic nitrogens is 2. The highest BCUT2D eigenvalue weighted by molar-refractivity contribution is 5.94. The zero-order valence-electron chi connectivity index (χ0n) is 14.3. The van der Waals surface area contributed by atoms with Gasteiger partial charge >= 0.3 is 12.0 Å². The normalized spacial score (nSPS) is 13.6. The van der Waals surface area contributed by atoms with E-state index in [1.165, 1.54) is 19.5 Å². The van der Waals surface area contributed by atoms with Crippen LogP contribution in [-0.2, 0) is 9.53 Å². The maximum Gasteiger partial charge on any atom is 0.324 e. The fraction of sp³-hybridized carbons (Fsp3) is 0.278. The molecule has 1 aliphatic rings. The molecule has 0 bridgehead atoms. The molecule has 3 rings (SSSR count). The Morgan fingerprint density at radius 2 is 1.92 bits per heavy atom. The molecule has 1 aromatic carbocycles. The number of nitrogens with zero attached hydrogens (tertiary/aromatic N) is 5. The van der Waals surface area contributed by atoms with Crippen molar-refractivity contribution in [1.29, 1.82) is 5.26 Å². The molecule has 0 spiro atoms. The second kappa shape index (κ2) is 7.61. The van der Waals surface area contributed by atoms with Crippen LogP contribution in [0.1, 0.15) is 12.0 Å². The van der Waals surface area contributed by atoms with E-state index in [4.69, 9.17) is 5.26 Å². The number of methoxy groups -OCH3 is 1. The first kappa shape index (κ1) is 17.4. The lowest BCUT2D eigenvalue weighted by Crippen LogP contribution is -2.33. The van der Waals surface area contributed by atoms with E-state index in [2.05, 4.69) is 14.7 Å². The largest absolute Gasteiger partial charge is 0.469 e. The van der Waals surface area contributed by atoms with Crippen LogP contribution in [0.4, 0.5) is 10.5 Å². The average molecular weight is 351 g/mol. The van der Waals surface area contributed by atoms with Crippen LogP contribution in [0.3, 0.4) is 0 Å². The zero-order valence-corrected chi connectivity index (χ0v) is 14.3. The molecule has 8 heteroatoms. The van der Waals surface area contributed by atoms with E-state index >= 15 is 0 Å². The number of esters is 1. The number of anilines is 1. The highest BCUT2D eigenvalue weighted by Crippen LogP contribution is 2.24. The van der Waals surface area contributed by atoms with Gasteiger partial charge in [-0.3, -0.25) is 9.69 Å². The Morgan fingerprint density at radius 1 is 1.23 bits per heavy atom. The topological polar surface area (TPSA) is 99.4 Å². The number of amides is 2. The van der Waals surface area contributed by atoms with Gasteiger partial charge in [-0.15, -0.1) is 0 Å². The van der Waals surface area contributed by atoms with Gasteiger partial charge < -0.3 is 9.64 Å². The smallest absolute Gasteiger partial charge is 0.324 e. The van der Waals surface area contributed by atoms with E-state index in [9.17, 15) is 9.59 Å². The van der Waals surface area contributed by atoms with Gasteiger partial charge in [0.15, 0.2) is 5.82 Å². The van der Waals surface area contributed by atoms with Gasteiger partial charge in [0, 0.05) is 43.3 Å². The van der Waals surface area contributed by atoms with E-state index < -0.39 is 0 Å². The third-order valence-electron chi connectivity index (χ3n) is 4.13. The second-order valence-corrected chi connectivity index (χ2v) is 5.70. The summed E-state index contributed by atoms with van der Waals surface area (Å²) in [5.41, 5.74) is 1.97.